The Kier molecular flexibility index (Phi) is 4.66. The van der Waals surface area contributed by atoms with Gasteiger partial charge in [-0.25, -0.2) is 0 Å². The highest BCUT2D eigenvalue weighted by molar-refractivity contribution is 9.08. The van der Waals surface area contributed by atoms with E-state index in [2.05, 4.69) is 46.1 Å². The van der Waals surface area contributed by atoms with E-state index in [9.17, 15) is 5.26 Å². The van der Waals surface area contributed by atoms with Crippen LogP contribution in [0.4, 0.5) is 5.69 Å². The Hall–Kier alpha value is -1.01. The minimum atomic E-state index is 0.598. The van der Waals surface area contributed by atoms with Gasteiger partial charge in [0.2, 0.25) is 0 Å². The minimum Gasteiger partial charge on any atom is -0.371 e. The van der Waals surface area contributed by atoms with Crippen LogP contribution in [-0.4, -0.2) is 13.1 Å². The highest BCUT2D eigenvalue weighted by atomic mass is 79.9. The first-order valence-corrected chi connectivity index (χ1v) is 7.70. The number of alkyl halides is 1. The van der Waals surface area contributed by atoms with Crippen molar-refractivity contribution in [2.45, 2.75) is 43.5 Å². The zero-order valence-electron chi connectivity index (χ0n) is 10.8. The maximum absolute atomic E-state index is 9.29. The van der Waals surface area contributed by atoms with Gasteiger partial charge < -0.3 is 4.90 Å². The van der Waals surface area contributed by atoms with E-state index in [1.165, 1.54) is 32.1 Å². The predicted molar refractivity (Wildman–Crippen MR) is 79.1 cm³/mol. The molecule has 0 N–H and O–H groups in total. The predicted octanol–water partition coefficient (Wildman–Crippen LogP) is 4.22. The van der Waals surface area contributed by atoms with E-state index in [-0.39, 0.29) is 0 Å². The Morgan fingerprint density at radius 2 is 2.06 bits per heavy atom. The first kappa shape index (κ1) is 13.4. The average Bonchev–Trinajstić information content (AvgIpc) is 2.46. The van der Waals surface area contributed by atoms with Crippen LogP contribution in [0, 0.1) is 11.3 Å². The molecular formula is C15H19BrN2. The molecule has 0 aromatic heterocycles. The van der Waals surface area contributed by atoms with Gasteiger partial charge in [0.05, 0.1) is 11.3 Å². The molecule has 1 aliphatic rings. The van der Waals surface area contributed by atoms with Crippen molar-refractivity contribution >= 4 is 21.6 Å². The third-order valence-electron chi connectivity index (χ3n) is 3.84. The standard InChI is InChI=1S/C15H19BrN2/c1-18(14-5-3-2-4-6-14)15-8-7-12(10-16)9-13(15)11-17/h7-9,14H,2-6,10H2,1H3. The molecular weight excluding hydrogens is 288 g/mol. The molecule has 3 heteroatoms. The summed E-state index contributed by atoms with van der Waals surface area (Å²) in [6.45, 7) is 0. The summed E-state index contributed by atoms with van der Waals surface area (Å²) in [6.07, 6.45) is 6.49. The van der Waals surface area contributed by atoms with Gasteiger partial charge in [-0.1, -0.05) is 41.3 Å². The van der Waals surface area contributed by atoms with E-state index in [0.29, 0.717) is 6.04 Å². The fraction of sp³-hybridized carbons (Fsp3) is 0.533. The molecule has 0 spiro atoms. The van der Waals surface area contributed by atoms with Crippen LogP contribution >= 0.6 is 15.9 Å². The van der Waals surface area contributed by atoms with Crippen molar-refractivity contribution in [1.82, 2.24) is 0 Å². The van der Waals surface area contributed by atoms with E-state index in [0.717, 1.165) is 22.1 Å². The number of rotatable bonds is 3. The monoisotopic (exact) mass is 306 g/mol. The molecule has 2 nitrogen and oxygen atoms in total. The summed E-state index contributed by atoms with van der Waals surface area (Å²) in [4.78, 5) is 2.30. The summed E-state index contributed by atoms with van der Waals surface area (Å²) < 4.78 is 0. The van der Waals surface area contributed by atoms with Gasteiger partial charge in [0.25, 0.3) is 0 Å². The lowest BCUT2D eigenvalue weighted by Gasteiger charge is -2.33. The number of nitriles is 1. The Morgan fingerprint density at radius 3 is 2.67 bits per heavy atom. The van der Waals surface area contributed by atoms with Crippen molar-refractivity contribution in [3.63, 3.8) is 0 Å². The highest BCUT2D eigenvalue weighted by Gasteiger charge is 2.20. The Morgan fingerprint density at radius 1 is 1.33 bits per heavy atom. The molecule has 0 aliphatic heterocycles. The van der Waals surface area contributed by atoms with Crippen LogP contribution in [0.15, 0.2) is 18.2 Å². The number of halogens is 1. The van der Waals surface area contributed by atoms with Gasteiger partial charge in [0.15, 0.2) is 0 Å². The molecule has 1 aromatic carbocycles. The molecule has 0 saturated heterocycles. The Labute approximate surface area is 118 Å². The van der Waals surface area contributed by atoms with Crippen LogP contribution in [0.1, 0.15) is 43.2 Å². The molecule has 1 aliphatic carbocycles. The average molecular weight is 307 g/mol. The van der Waals surface area contributed by atoms with Gasteiger partial charge in [-0.15, -0.1) is 0 Å². The summed E-state index contributed by atoms with van der Waals surface area (Å²) in [7, 11) is 2.12. The minimum absolute atomic E-state index is 0.598. The quantitative estimate of drug-likeness (QED) is 0.782. The fourth-order valence-corrected chi connectivity index (χ4v) is 3.08. The molecule has 1 fully saturated rings. The SMILES string of the molecule is CN(c1ccc(CBr)cc1C#N)C1CCCCC1. The van der Waals surface area contributed by atoms with E-state index in [1.807, 2.05) is 6.07 Å². The summed E-state index contributed by atoms with van der Waals surface area (Å²) in [5.41, 5.74) is 3.03. The van der Waals surface area contributed by atoms with Gasteiger partial charge in [-0.2, -0.15) is 5.26 Å². The van der Waals surface area contributed by atoms with Crippen molar-refractivity contribution in [3.8, 4) is 6.07 Å². The lowest BCUT2D eigenvalue weighted by atomic mass is 9.93. The fourth-order valence-electron chi connectivity index (χ4n) is 2.73. The molecule has 0 unspecified atom stereocenters. The second-order valence-electron chi connectivity index (χ2n) is 5.00. The second kappa shape index (κ2) is 6.24. The number of hydrogen-bond acceptors (Lipinski definition) is 2. The van der Waals surface area contributed by atoms with Crippen LogP contribution in [-0.2, 0) is 5.33 Å². The maximum atomic E-state index is 9.29. The first-order chi connectivity index (χ1) is 8.76. The van der Waals surface area contributed by atoms with Crippen LogP contribution < -0.4 is 4.90 Å². The van der Waals surface area contributed by atoms with Crippen molar-refractivity contribution in [2.75, 3.05) is 11.9 Å². The third-order valence-corrected chi connectivity index (χ3v) is 4.49. The summed E-state index contributed by atoms with van der Waals surface area (Å²) >= 11 is 3.44. The van der Waals surface area contributed by atoms with E-state index < -0.39 is 0 Å². The Balaban J connectivity index is 2.23. The van der Waals surface area contributed by atoms with Gasteiger partial charge in [-0.05, 0) is 30.5 Å². The summed E-state index contributed by atoms with van der Waals surface area (Å²) in [5.74, 6) is 0. The molecule has 18 heavy (non-hydrogen) atoms. The summed E-state index contributed by atoms with van der Waals surface area (Å²) in [6, 6.07) is 9.10. The molecule has 0 bridgehead atoms. The van der Waals surface area contributed by atoms with Crippen LogP contribution in [0.2, 0.25) is 0 Å². The van der Waals surface area contributed by atoms with E-state index in [1.54, 1.807) is 0 Å². The van der Waals surface area contributed by atoms with E-state index in [4.69, 9.17) is 0 Å². The van der Waals surface area contributed by atoms with Gasteiger partial charge >= 0.3 is 0 Å². The number of benzene rings is 1. The second-order valence-corrected chi connectivity index (χ2v) is 5.56. The normalized spacial score (nSPS) is 16.3. The highest BCUT2D eigenvalue weighted by Crippen LogP contribution is 2.29. The zero-order chi connectivity index (χ0) is 13.0. The van der Waals surface area contributed by atoms with Gasteiger partial charge in [0.1, 0.15) is 6.07 Å². The van der Waals surface area contributed by atoms with Crippen molar-refractivity contribution in [3.05, 3.63) is 29.3 Å². The van der Waals surface area contributed by atoms with Crippen molar-refractivity contribution < 1.29 is 0 Å². The largest absolute Gasteiger partial charge is 0.371 e. The first-order valence-electron chi connectivity index (χ1n) is 6.58. The lowest BCUT2D eigenvalue weighted by Crippen LogP contribution is -2.33. The molecule has 0 atom stereocenters. The van der Waals surface area contributed by atoms with Crippen LogP contribution in [0.5, 0.6) is 0 Å². The molecule has 0 radical (unpaired) electrons. The Bertz CT molecular complexity index is 444. The van der Waals surface area contributed by atoms with E-state index >= 15 is 0 Å². The number of anilines is 1. The molecule has 1 saturated carbocycles. The molecule has 2 rings (SSSR count). The number of hydrogen-bond donors (Lipinski definition) is 0. The number of nitrogens with zero attached hydrogens (tertiary/aromatic N) is 2. The topological polar surface area (TPSA) is 27.0 Å². The van der Waals surface area contributed by atoms with Gasteiger partial charge in [-0.3, -0.25) is 0 Å². The van der Waals surface area contributed by atoms with Crippen molar-refractivity contribution in [2.24, 2.45) is 0 Å². The lowest BCUT2D eigenvalue weighted by molar-refractivity contribution is 0.427. The smallest absolute Gasteiger partial charge is 0.101 e. The third kappa shape index (κ3) is 2.87. The van der Waals surface area contributed by atoms with Crippen LogP contribution in [0.25, 0.3) is 0 Å². The molecule has 96 valence electrons. The summed E-state index contributed by atoms with van der Waals surface area (Å²) in [5, 5.41) is 10.1. The maximum Gasteiger partial charge on any atom is 0.101 e. The molecule has 1 aromatic rings. The van der Waals surface area contributed by atoms with Crippen LogP contribution in [0.3, 0.4) is 0 Å². The van der Waals surface area contributed by atoms with Crippen molar-refractivity contribution in [1.29, 1.82) is 5.26 Å². The van der Waals surface area contributed by atoms with Gasteiger partial charge in [0, 0.05) is 18.4 Å². The zero-order valence-corrected chi connectivity index (χ0v) is 12.4. The molecule has 0 heterocycles. The molecule has 0 amide bonds.